The van der Waals surface area contributed by atoms with Gasteiger partial charge in [-0.1, -0.05) is 19.1 Å². The first-order valence-electron chi connectivity index (χ1n) is 6.91. The molecule has 2 rings (SSSR count). The standard InChI is InChI=1S/C13H14BF6NO2/c1-2-3-21-11-7-22-14(23-11)10-5-8(12(15,16)17)4-9(6-10)13(18,19)20/h4-6,11,21H,2-3,7H2,1H3. The quantitative estimate of drug-likeness (QED) is 0.675. The summed E-state index contributed by atoms with van der Waals surface area (Å²) in [5, 5.41) is 2.93. The zero-order chi connectivity index (χ0) is 17.3. The van der Waals surface area contributed by atoms with Crippen molar-refractivity contribution in [1.29, 1.82) is 0 Å². The lowest BCUT2D eigenvalue weighted by molar-refractivity contribution is -0.142. The molecule has 10 heteroatoms. The highest BCUT2D eigenvalue weighted by Crippen LogP contribution is 2.34. The smallest absolute Gasteiger partial charge is 0.403 e. The minimum Gasteiger partial charge on any atom is -0.403 e. The third kappa shape index (κ3) is 4.61. The summed E-state index contributed by atoms with van der Waals surface area (Å²) in [5.41, 5.74) is -3.09. The second kappa shape index (κ2) is 6.70. The maximum Gasteiger partial charge on any atom is 0.495 e. The highest BCUT2D eigenvalue weighted by atomic mass is 19.4. The Morgan fingerprint density at radius 2 is 1.65 bits per heavy atom. The molecule has 3 nitrogen and oxygen atoms in total. The molecule has 1 fully saturated rings. The lowest BCUT2D eigenvalue weighted by Gasteiger charge is -2.15. The molecule has 1 aromatic carbocycles. The summed E-state index contributed by atoms with van der Waals surface area (Å²) < 4.78 is 87.3. The largest absolute Gasteiger partial charge is 0.495 e. The summed E-state index contributed by atoms with van der Waals surface area (Å²) in [5.74, 6) is 0. The molecule has 0 spiro atoms. The molecular formula is C13H14BF6NO2. The zero-order valence-corrected chi connectivity index (χ0v) is 12.1. The molecular weight excluding hydrogens is 327 g/mol. The van der Waals surface area contributed by atoms with Crippen LogP contribution in [0.4, 0.5) is 26.3 Å². The van der Waals surface area contributed by atoms with Crippen molar-refractivity contribution in [2.75, 3.05) is 13.2 Å². The van der Waals surface area contributed by atoms with E-state index in [0.717, 1.165) is 6.42 Å². The van der Waals surface area contributed by atoms with Gasteiger partial charge in [-0.2, -0.15) is 26.3 Å². The van der Waals surface area contributed by atoms with E-state index in [0.29, 0.717) is 18.7 Å². The van der Waals surface area contributed by atoms with Gasteiger partial charge in [0.25, 0.3) is 0 Å². The Bertz CT molecular complexity index is 516. The molecule has 1 aromatic rings. The van der Waals surface area contributed by atoms with Gasteiger partial charge in [0.15, 0.2) is 0 Å². The Kier molecular flexibility index (Phi) is 5.27. The maximum atomic E-state index is 12.8. The van der Waals surface area contributed by atoms with Crippen LogP contribution in [-0.2, 0) is 21.7 Å². The molecule has 0 aliphatic carbocycles. The van der Waals surface area contributed by atoms with Crippen molar-refractivity contribution in [1.82, 2.24) is 5.32 Å². The number of halogens is 6. The molecule has 1 heterocycles. The van der Waals surface area contributed by atoms with E-state index in [4.69, 9.17) is 9.31 Å². The summed E-state index contributed by atoms with van der Waals surface area (Å²) >= 11 is 0. The average Bonchev–Trinajstić information content (AvgIpc) is 2.91. The molecule has 0 bridgehead atoms. The van der Waals surface area contributed by atoms with Crippen molar-refractivity contribution in [3.8, 4) is 0 Å². The number of alkyl halides is 6. The fourth-order valence-corrected chi connectivity index (χ4v) is 2.10. The number of nitrogens with one attached hydrogen (secondary N) is 1. The monoisotopic (exact) mass is 341 g/mol. The fraction of sp³-hybridized carbons (Fsp3) is 0.538. The highest BCUT2D eigenvalue weighted by molar-refractivity contribution is 6.61. The summed E-state index contributed by atoms with van der Waals surface area (Å²) in [7, 11) is -1.27. The summed E-state index contributed by atoms with van der Waals surface area (Å²) in [6.45, 7) is 2.54. The zero-order valence-electron chi connectivity index (χ0n) is 12.1. The average molecular weight is 341 g/mol. The third-order valence-corrected chi connectivity index (χ3v) is 3.19. The second-order valence-electron chi connectivity index (χ2n) is 5.08. The molecule has 23 heavy (non-hydrogen) atoms. The fourth-order valence-electron chi connectivity index (χ4n) is 2.10. The lowest BCUT2D eigenvalue weighted by Crippen LogP contribution is -2.37. The van der Waals surface area contributed by atoms with Crippen LogP contribution < -0.4 is 10.8 Å². The number of hydrogen-bond acceptors (Lipinski definition) is 3. The van der Waals surface area contributed by atoms with E-state index >= 15 is 0 Å². The summed E-state index contributed by atoms with van der Waals surface area (Å²) in [4.78, 5) is 0. The van der Waals surface area contributed by atoms with Gasteiger partial charge in [-0.3, -0.25) is 5.32 Å². The van der Waals surface area contributed by atoms with Crippen molar-refractivity contribution >= 4 is 12.6 Å². The van der Waals surface area contributed by atoms with Gasteiger partial charge in [0.2, 0.25) is 0 Å². The van der Waals surface area contributed by atoms with Crippen LogP contribution in [0.3, 0.4) is 0 Å². The van der Waals surface area contributed by atoms with Gasteiger partial charge in [-0.05, 0) is 24.5 Å². The number of benzene rings is 1. The molecule has 0 saturated carbocycles. The van der Waals surface area contributed by atoms with E-state index in [9.17, 15) is 26.3 Å². The van der Waals surface area contributed by atoms with E-state index in [1.807, 2.05) is 6.92 Å². The predicted octanol–water partition coefficient (Wildman–Crippen LogP) is 2.79. The summed E-state index contributed by atoms with van der Waals surface area (Å²) in [6, 6.07) is 1.30. The molecule has 1 aliphatic heterocycles. The Morgan fingerprint density at radius 1 is 1.09 bits per heavy atom. The number of hydrogen-bond donors (Lipinski definition) is 1. The SMILES string of the molecule is CCCNC1COB(c2cc(C(F)(F)F)cc(C(F)(F)F)c2)O1. The first kappa shape index (κ1) is 18.1. The van der Waals surface area contributed by atoms with Gasteiger partial charge in [0.1, 0.15) is 6.23 Å². The highest BCUT2D eigenvalue weighted by Gasteiger charge is 2.40. The van der Waals surface area contributed by atoms with Crippen LogP contribution in [0.5, 0.6) is 0 Å². The maximum absolute atomic E-state index is 12.8. The summed E-state index contributed by atoms with van der Waals surface area (Å²) in [6.07, 6.45) is -9.56. The van der Waals surface area contributed by atoms with Crippen molar-refractivity contribution in [3.05, 3.63) is 29.3 Å². The predicted molar refractivity (Wildman–Crippen MR) is 71.0 cm³/mol. The van der Waals surface area contributed by atoms with E-state index < -0.39 is 36.8 Å². The van der Waals surface area contributed by atoms with Crippen LogP contribution in [0.25, 0.3) is 0 Å². The Labute approximate surface area is 129 Å². The molecule has 1 atom stereocenters. The minimum absolute atomic E-state index is 0.0439. The Balaban J connectivity index is 2.28. The van der Waals surface area contributed by atoms with Crippen LogP contribution in [-0.4, -0.2) is 26.5 Å². The minimum atomic E-state index is -4.89. The topological polar surface area (TPSA) is 30.5 Å². The molecule has 0 amide bonds. The normalized spacial score (nSPS) is 19.4. The lowest BCUT2D eigenvalue weighted by atomic mass is 9.77. The van der Waals surface area contributed by atoms with E-state index in [2.05, 4.69) is 5.32 Å². The molecule has 1 aliphatic rings. The first-order valence-corrected chi connectivity index (χ1v) is 6.91. The molecule has 1 N–H and O–H groups in total. The van der Waals surface area contributed by atoms with Gasteiger partial charge in [-0.15, -0.1) is 0 Å². The van der Waals surface area contributed by atoms with Crippen molar-refractivity contribution < 1.29 is 35.7 Å². The third-order valence-electron chi connectivity index (χ3n) is 3.19. The van der Waals surface area contributed by atoms with Crippen molar-refractivity contribution in [3.63, 3.8) is 0 Å². The molecule has 0 aromatic heterocycles. The van der Waals surface area contributed by atoms with E-state index in [-0.39, 0.29) is 18.1 Å². The van der Waals surface area contributed by atoms with Crippen LogP contribution in [0.2, 0.25) is 0 Å². The van der Waals surface area contributed by atoms with Gasteiger partial charge >= 0.3 is 19.5 Å². The van der Waals surface area contributed by atoms with Crippen LogP contribution in [0.15, 0.2) is 18.2 Å². The van der Waals surface area contributed by atoms with Gasteiger partial charge in [0, 0.05) is 0 Å². The molecule has 0 radical (unpaired) electrons. The molecule has 128 valence electrons. The van der Waals surface area contributed by atoms with Crippen molar-refractivity contribution in [2.24, 2.45) is 0 Å². The number of rotatable bonds is 4. The van der Waals surface area contributed by atoms with Crippen LogP contribution in [0.1, 0.15) is 24.5 Å². The van der Waals surface area contributed by atoms with Gasteiger partial charge < -0.3 is 9.31 Å². The van der Waals surface area contributed by atoms with Gasteiger partial charge in [0.05, 0.1) is 17.7 Å². The van der Waals surface area contributed by atoms with Crippen LogP contribution >= 0.6 is 0 Å². The Morgan fingerprint density at radius 3 is 2.13 bits per heavy atom. The Hall–Kier alpha value is -1.26. The molecule has 1 unspecified atom stereocenters. The van der Waals surface area contributed by atoms with Gasteiger partial charge in [-0.25, -0.2) is 0 Å². The van der Waals surface area contributed by atoms with E-state index in [1.54, 1.807) is 0 Å². The second-order valence-corrected chi connectivity index (χ2v) is 5.08. The van der Waals surface area contributed by atoms with E-state index in [1.165, 1.54) is 0 Å². The first-order chi connectivity index (χ1) is 10.6. The van der Waals surface area contributed by atoms with Crippen molar-refractivity contribution in [2.45, 2.75) is 31.9 Å². The molecule has 1 saturated heterocycles. The van der Waals surface area contributed by atoms with Crippen LogP contribution in [0, 0.1) is 0 Å².